The summed E-state index contributed by atoms with van der Waals surface area (Å²) < 4.78 is 39.5. The summed E-state index contributed by atoms with van der Waals surface area (Å²) in [6, 6.07) is 16.5. The Hall–Kier alpha value is -2.75. The summed E-state index contributed by atoms with van der Waals surface area (Å²) in [6.07, 6.45) is 0. The van der Waals surface area contributed by atoms with Gasteiger partial charge in [-0.3, -0.25) is 0 Å². The number of hydrogen-bond acceptors (Lipinski definition) is 1. The number of benzene rings is 3. The quantitative estimate of drug-likeness (QED) is 0.522. The standard InChI is InChI=1S/C18H12F3N/c19-16-9-14(10-17(20)18(16)21)13-3-1-11(2-4-13)12-5-7-15(22)8-6-12/h1-10H,22H2. The topological polar surface area (TPSA) is 26.0 Å². The molecule has 0 aliphatic heterocycles. The monoisotopic (exact) mass is 299 g/mol. The lowest BCUT2D eigenvalue weighted by Crippen LogP contribution is -1.91. The largest absolute Gasteiger partial charge is 0.399 e. The van der Waals surface area contributed by atoms with Crippen molar-refractivity contribution in [2.24, 2.45) is 0 Å². The van der Waals surface area contributed by atoms with Crippen molar-refractivity contribution in [3.05, 3.63) is 78.1 Å². The number of nitrogens with two attached hydrogens (primary N) is 1. The third-order valence-corrected chi connectivity index (χ3v) is 3.45. The van der Waals surface area contributed by atoms with Crippen LogP contribution in [0, 0.1) is 17.5 Å². The fourth-order valence-corrected chi connectivity index (χ4v) is 2.25. The number of hydrogen-bond donors (Lipinski definition) is 1. The van der Waals surface area contributed by atoms with E-state index in [0.29, 0.717) is 16.8 Å². The Balaban J connectivity index is 1.96. The molecule has 0 saturated heterocycles. The molecule has 0 aliphatic carbocycles. The Morgan fingerprint density at radius 2 is 0.909 bits per heavy atom. The van der Waals surface area contributed by atoms with Gasteiger partial charge in [-0.15, -0.1) is 0 Å². The summed E-state index contributed by atoms with van der Waals surface area (Å²) in [5.74, 6) is -3.85. The molecule has 0 spiro atoms. The maximum atomic E-state index is 13.3. The van der Waals surface area contributed by atoms with Gasteiger partial charge in [-0.25, -0.2) is 13.2 Å². The molecule has 0 amide bonds. The molecule has 3 rings (SSSR count). The summed E-state index contributed by atoms with van der Waals surface area (Å²) in [4.78, 5) is 0. The zero-order valence-corrected chi connectivity index (χ0v) is 11.5. The van der Waals surface area contributed by atoms with Crippen LogP contribution in [0.4, 0.5) is 18.9 Å². The smallest absolute Gasteiger partial charge is 0.194 e. The van der Waals surface area contributed by atoms with Gasteiger partial charge in [0.2, 0.25) is 0 Å². The molecule has 0 heterocycles. The highest BCUT2D eigenvalue weighted by Gasteiger charge is 2.11. The Kier molecular flexibility index (Phi) is 3.59. The Bertz CT molecular complexity index is 786. The van der Waals surface area contributed by atoms with E-state index < -0.39 is 17.5 Å². The molecule has 0 aromatic heterocycles. The van der Waals surface area contributed by atoms with Crippen LogP contribution in [0.15, 0.2) is 60.7 Å². The zero-order chi connectivity index (χ0) is 15.7. The minimum atomic E-state index is -1.46. The second-order valence-corrected chi connectivity index (χ2v) is 4.95. The summed E-state index contributed by atoms with van der Waals surface area (Å²) in [6.45, 7) is 0. The second-order valence-electron chi connectivity index (χ2n) is 4.95. The average molecular weight is 299 g/mol. The van der Waals surface area contributed by atoms with Crippen molar-refractivity contribution in [1.82, 2.24) is 0 Å². The summed E-state index contributed by atoms with van der Waals surface area (Å²) in [5.41, 5.74) is 9.16. The molecule has 4 heteroatoms. The lowest BCUT2D eigenvalue weighted by atomic mass is 10.00. The van der Waals surface area contributed by atoms with Crippen LogP contribution in [-0.4, -0.2) is 0 Å². The predicted molar refractivity (Wildman–Crippen MR) is 81.6 cm³/mol. The highest BCUT2D eigenvalue weighted by atomic mass is 19.2. The lowest BCUT2D eigenvalue weighted by molar-refractivity contribution is 0.448. The Labute approximate surface area is 125 Å². The fourth-order valence-electron chi connectivity index (χ4n) is 2.25. The van der Waals surface area contributed by atoms with E-state index in [1.54, 1.807) is 24.3 Å². The van der Waals surface area contributed by atoms with Crippen LogP contribution in [0.3, 0.4) is 0 Å². The van der Waals surface area contributed by atoms with Crippen molar-refractivity contribution in [2.75, 3.05) is 5.73 Å². The van der Waals surface area contributed by atoms with E-state index in [1.165, 1.54) is 0 Å². The molecule has 1 nitrogen and oxygen atoms in total. The minimum Gasteiger partial charge on any atom is -0.399 e. The number of nitrogen functional groups attached to an aromatic ring is 1. The van der Waals surface area contributed by atoms with Gasteiger partial charge in [-0.05, 0) is 46.5 Å². The van der Waals surface area contributed by atoms with Gasteiger partial charge in [-0.2, -0.15) is 0 Å². The van der Waals surface area contributed by atoms with Crippen molar-refractivity contribution in [1.29, 1.82) is 0 Å². The molecule has 0 radical (unpaired) electrons. The van der Waals surface area contributed by atoms with Crippen LogP contribution in [0.25, 0.3) is 22.3 Å². The third-order valence-electron chi connectivity index (χ3n) is 3.45. The molecule has 2 N–H and O–H groups in total. The van der Waals surface area contributed by atoms with Crippen LogP contribution >= 0.6 is 0 Å². The van der Waals surface area contributed by atoms with E-state index in [0.717, 1.165) is 23.3 Å². The van der Waals surface area contributed by atoms with E-state index >= 15 is 0 Å². The molecule has 0 atom stereocenters. The van der Waals surface area contributed by atoms with E-state index in [2.05, 4.69) is 0 Å². The van der Waals surface area contributed by atoms with Gasteiger partial charge >= 0.3 is 0 Å². The summed E-state index contributed by atoms with van der Waals surface area (Å²) in [5, 5.41) is 0. The third kappa shape index (κ3) is 2.68. The van der Waals surface area contributed by atoms with Crippen LogP contribution in [-0.2, 0) is 0 Å². The summed E-state index contributed by atoms with van der Waals surface area (Å²) >= 11 is 0. The maximum absolute atomic E-state index is 13.3. The van der Waals surface area contributed by atoms with Crippen molar-refractivity contribution in [3.63, 3.8) is 0 Å². The molecule has 0 aliphatic rings. The number of halogens is 3. The van der Waals surface area contributed by atoms with E-state index in [9.17, 15) is 13.2 Å². The van der Waals surface area contributed by atoms with Crippen LogP contribution in [0.2, 0.25) is 0 Å². The summed E-state index contributed by atoms with van der Waals surface area (Å²) in [7, 11) is 0. The first-order chi connectivity index (χ1) is 10.5. The maximum Gasteiger partial charge on any atom is 0.194 e. The minimum absolute atomic E-state index is 0.292. The van der Waals surface area contributed by atoms with E-state index in [1.807, 2.05) is 24.3 Å². The molecule has 3 aromatic carbocycles. The Morgan fingerprint density at radius 1 is 0.545 bits per heavy atom. The molecule has 0 bridgehead atoms. The molecule has 3 aromatic rings. The fraction of sp³-hybridized carbons (Fsp3) is 0. The van der Waals surface area contributed by atoms with Crippen molar-refractivity contribution >= 4 is 5.69 Å². The van der Waals surface area contributed by atoms with E-state index in [-0.39, 0.29) is 0 Å². The highest BCUT2D eigenvalue weighted by Crippen LogP contribution is 2.27. The van der Waals surface area contributed by atoms with Gasteiger partial charge in [0.15, 0.2) is 17.5 Å². The highest BCUT2D eigenvalue weighted by molar-refractivity contribution is 5.71. The molecule has 0 fully saturated rings. The Morgan fingerprint density at radius 3 is 1.36 bits per heavy atom. The van der Waals surface area contributed by atoms with Gasteiger partial charge < -0.3 is 5.73 Å². The van der Waals surface area contributed by atoms with Crippen LogP contribution in [0.5, 0.6) is 0 Å². The first-order valence-corrected chi connectivity index (χ1v) is 6.65. The molecule has 110 valence electrons. The van der Waals surface area contributed by atoms with Gasteiger partial charge in [0.25, 0.3) is 0 Å². The molecular weight excluding hydrogens is 287 g/mol. The van der Waals surface area contributed by atoms with Crippen LogP contribution in [0.1, 0.15) is 0 Å². The van der Waals surface area contributed by atoms with Gasteiger partial charge in [-0.1, -0.05) is 36.4 Å². The SMILES string of the molecule is Nc1ccc(-c2ccc(-c3cc(F)c(F)c(F)c3)cc2)cc1. The van der Waals surface area contributed by atoms with Crippen molar-refractivity contribution in [3.8, 4) is 22.3 Å². The molecule has 0 saturated carbocycles. The van der Waals surface area contributed by atoms with E-state index in [4.69, 9.17) is 5.73 Å². The number of anilines is 1. The van der Waals surface area contributed by atoms with Crippen LogP contribution < -0.4 is 5.73 Å². The molecule has 22 heavy (non-hydrogen) atoms. The van der Waals surface area contributed by atoms with Gasteiger partial charge in [0.05, 0.1) is 0 Å². The average Bonchev–Trinajstić information content (AvgIpc) is 2.53. The van der Waals surface area contributed by atoms with Gasteiger partial charge in [0, 0.05) is 5.69 Å². The first kappa shape index (κ1) is 14.2. The van der Waals surface area contributed by atoms with Gasteiger partial charge in [0.1, 0.15) is 0 Å². The van der Waals surface area contributed by atoms with Crippen molar-refractivity contribution < 1.29 is 13.2 Å². The molecule has 0 unspecified atom stereocenters. The molecular formula is C18H12F3N. The predicted octanol–water partition coefficient (Wildman–Crippen LogP) is 5.02. The normalized spacial score (nSPS) is 10.7. The zero-order valence-electron chi connectivity index (χ0n) is 11.5. The second kappa shape index (κ2) is 5.56. The lowest BCUT2D eigenvalue weighted by Gasteiger charge is -2.06. The first-order valence-electron chi connectivity index (χ1n) is 6.65. The number of rotatable bonds is 2. The van der Waals surface area contributed by atoms with Crippen molar-refractivity contribution in [2.45, 2.75) is 0 Å².